The first-order chi connectivity index (χ1) is 36.3. The van der Waals surface area contributed by atoms with E-state index in [4.69, 9.17) is 85.7 Å². The number of carbonyl (C=O) groups is 4. The lowest BCUT2D eigenvalue weighted by Gasteiger charge is -2.29. The number of likely N-dealkylation sites (N-methyl/N-ethyl adjacent to an activating group) is 1. The number of nitrogen functional groups attached to an aromatic ring is 1. The molecule has 4 aromatic rings. The normalized spacial score (nSPS) is 27.2. The fourth-order valence-electron chi connectivity index (χ4n) is 7.67. The van der Waals surface area contributed by atoms with Gasteiger partial charge in [0.1, 0.15) is 49.2 Å². The molecule has 3 amide bonds. The van der Waals surface area contributed by atoms with E-state index in [1.54, 1.807) is 0 Å². The third-order valence-electron chi connectivity index (χ3n) is 11.5. The number of fused-ring (bicyclic) bond motifs is 4. The Labute approximate surface area is 441 Å². The number of aromatic nitrogens is 8. The van der Waals surface area contributed by atoms with E-state index in [-0.39, 0.29) is 105 Å². The first kappa shape index (κ1) is 58.9. The van der Waals surface area contributed by atoms with Crippen molar-refractivity contribution in [3.05, 3.63) is 25.3 Å². The molecule has 3 unspecified atom stereocenters. The van der Waals surface area contributed by atoms with Crippen LogP contribution in [0.25, 0.3) is 22.3 Å². The highest BCUT2D eigenvalue weighted by molar-refractivity contribution is 8.07. The van der Waals surface area contributed by atoms with Gasteiger partial charge in [0.15, 0.2) is 53.2 Å². The zero-order valence-electron chi connectivity index (χ0n) is 40.6. The van der Waals surface area contributed by atoms with Gasteiger partial charge < -0.3 is 73.0 Å². The lowest BCUT2D eigenvalue weighted by molar-refractivity contribution is -0.140. The predicted octanol–water partition coefficient (Wildman–Crippen LogP) is 0.661. The number of nitrogens with one attached hydrogen (secondary N) is 2. The summed E-state index contributed by atoms with van der Waals surface area (Å²) in [6, 6.07) is 0. The van der Waals surface area contributed by atoms with Crippen molar-refractivity contribution in [3.8, 4) is 0 Å². The summed E-state index contributed by atoms with van der Waals surface area (Å²) in [4.78, 5) is 96.2. The summed E-state index contributed by atoms with van der Waals surface area (Å²) in [7, 11) is 1.53. The Kier molecular flexibility index (Phi) is 21.1. The highest BCUT2D eigenvalue weighted by Gasteiger charge is 2.54. The van der Waals surface area contributed by atoms with Crippen LogP contribution in [0.2, 0.25) is 0 Å². The summed E-state index contributed by atoms with van der Waals surface area (Å²) >= 11 is 10.5. The number of aliphatic carboxylic acids is 1. The van der Waals surface area contributed by atoms with Crippen molar-refractivity contribution in [2.75, 3.05) is 104 Å². The molecule has 0 aliphatic carbocycles. The molecule has 0 saturated carbocycles. The van der Waals surface area contributed by atoms with Gasteiger partial charge in [0.2, 0.25) is 11.8 Å². The molecule has 3 saturated heterocycles. The van der Waals surface area contributed by atoms with E-state index in [0.717, 1.165) is 23.5 Å². The minimum atomic E-state index is -4.39. The molecule has 7 rings (SSSR count). The Morgan fingerprint density at radius 1 is 0.789 bits per heavy atom. The Balaban J connectivity index is 0.811. The van der Waals surface area contributed by atoms with Crippen LogP contribution in [0, 0.1) is 5.92 Å². The number of carboxylic acids is 1. The van der Waals surface area contributed by atoms with E-state index in [0.29, 0.717) is 26.4 Å². The van der Waals surface area contributed by atoms with Crippen LogP contribution in [0.4, 0.5) is 25.2 Å². The monoisotopic (exact) mass is 1160 g/mol. The van der Waals surface area contributed by atoms with Crippen LogP contribution in [0.15, 0.2) is 25.3 Å². The number of nitrogens with zero attached hydrogens (tertiary/aromatic N) is 9. The van der Waals surface area contributed by atoms with Gasteiger partial charge in [-0.3, -0.25) is 37.9 Å². The highest BCUT2D eigenvalue weighted by atomic mass is 32.5. The summed E-state index contributed by atoms with van der Waals surface area (Å²) in [5.74, 6) is -2.40. The van der Waals surface area contributed by atoms with E-state index in [9.17, 15) is 29.0 Å². The van der Waals surface area contributed by atoms with Crippen LogP contribution >= 0.6 is 13.4 Å². The molecular weight excluding hydrogens is 1100 g/mol. The second kappa shape index (κ2) is 27.2. The number of ether oxygens (including phenoxy) is 7. The standard InChI is InChI=1S/C40H56F2N12O18P2S2/c1-22(15-26(56)57)37(58)44-4-7-63-10-12-65-14-13-64-11-9-62-6-3-25(55)52(2)5-8-66-40(59)51-34-30-36(48-19-46-34)54(21-50-30)39-28(42)32-24(70-39)17-68-73(60,75)71-31-23(16-67-74(61,76)72-32)69-38(27(31)41)53-20-49-29-33(43)45-18-47-35(29)53/h18-24,27-28,31-32,38-39H,3-17H2,1-2H3,(H,44,58)(H,56,57)(H,60,75)(H,61,76)(H2,43,45,47)(H,46,48,51,59)/t22?,23-,24-,27-,28-,31-,32-,38-,39-,73?,74?/m1/s1. The highest BCUT2D eigenvalue weighted by Crippen LogP contribution is 2.54. The maximum atomic E-state index is 16.6. The molecule has 0 bridgehead atoms. The molecule has 420 valence electrons. The van der Waals surface area contributed by atoms with Crippen LogP contribution in [-0.2, 0) is 89.3 Å². The molecule has 11 atom stereocenters. The van der Waals surface area contributed by atoms with E-state index in [1.807, 2.05) is 0 Å². The molecular formula is C40H56F2N12O18P2S2. The molecule has 0 radical (unpaired) electrons. The number of rotatable bonds is 24. The zero-order valence-corrected chi connectivity index (χ0v) is 44.1. The molecule has 4 aromatic heterocycles. The van der Waals surface area contributed by atoms with Gasteiger partial charge in [0, 0.05) is 19.5 Å². The maximum Gasteiger partial charge on any atom is 0.412 e. The lowest BCUT2D eigenvalue weighted by atomic mass is 10.1. The molecule has 3 fully saturated rings. The number of hydrogen-bond acceptors (Lipinski definition) is 24. The second-order valence-corrected chi connectivity index (χ2v) is 22.5. The number of nitrogens with two attached hydrogens (primary N) is 1. The van der Waals surface area contributed by atoms with Gasteiger partial charge in [-0.1, -0.05) is 6.92 Å². The minimum absolute atomic E-state index is 0.0178. The number of anilines is 2. The van der Waals surface area contributed by atoms with Crippen molar-refractivity contribution in [1.82, 2.24) is 49.3 Å². The van der Waals surface area contributed by atoms with Gasteiger partial charge in [-0.15, -0.1) is 0 Å². The van der Waals surface area contributed by atoms with Crippen LogP contribution in [-0.4, -0.2) is 212 Å². The number of carbonyl (C=O) groups excluding carboxylic acids is 3. The minimum Gasteiger partial charge on any atom is -0.481 e. The van der Waals surface area contributed by atoms with Crippen LogP contribution in [0.1, 0.15) is 32.2 Å². The second-order valence-electron chi connectivity index (χ2n) is 16.9. The Morgan fingerprint density at radius 2 is 1.30 bits per heavy atom. The van der Waals surface area contributed by atoms with Gasteiger partial charge >= 0.3 is 25.5 Å². The van der Waals surface area contributed by atoms with E-state index in [1.165, 1.54) is 29.8 Å². The third kappa shape index (κ3) is 15.7. The molecule has 36 heteroatoms. The zero-order chi connectivity index (χ0) is 54.6. The van der Waals surface area contributed by atoms with Gasteiger partial charge in [-0.25, -0.2) is 43.5 Å². The van der Waals surface area contributed by atoms with Crippen LogP contribution < -0.4 is 16.4 Å². The molecule has 3 aliphatic rings. The Bertz CT molecular complexity index is 2740. The fourth-order valence-corrected chi connectivity index (χ4v) is 10.5. The largest absolute Gasteiger partial charge is 0.481 e. The third-order valence-corrected chi connectivity index (χ3v) is 14.6. The van der Waals surface area contributed by atoms with Crippen molar-refractivity contribution in [2.24, 2.45) is 5.92 Å². The van der Waals surface area contributed by atoms with E-state index < -0.39 is 93.8 Å². The average Bonchev–Trinajstić information content (AvgIpc) is 4.17. The topological polar surface area (TPSA) is 371 Å². The Hall–Kier alpha value is -4.74. The van der Waals surface area contributed by atoms with Crippen LogP contribution in [0.3, 0.4) is 0 Å². The van der Waals surface area contributed by atoms with Gasteiger partial charge in [0.05, 0.1) is 98.1 Å². The molecule has 7 heterocycles. The van der Waals surface area contributed by atoms with E-state index in [2.05, 4.69) is 40.5 Å². The first-order valence-corrected chi connectivity index (χ1v) is 28.5. The lowest BCUT2D eigenvalue weighted by Crippen LogP contribution is -2.37. The van der Waals surface area contributed by atoms with Crippen LogP contribution in [0.5, 0.6) is 0 Å². The van der Waals surface area contributed by atoms with Crippen molar-refractivity contribution in [3.63, 3.8) is 0 Å². The summed E-state index contributed by atoms with van der Waals surface area (Å²) in [6.07, 6.45) is -10.1. The van der Waals surface area contributed by atoms with Gasteiger partial charge in [-0.05, 0) is 23.6 Å². The number of imidazole rings is 2. The molecule has 3 aliphatic heterocycles. The van der Waals surface area contributed by atoms with Crippen molar-refractivity contribution in [2.45, 2.75) is 69.0 Å². The molecule has 76 heavy (non-hydrogen) atoms. The van der Waals surface area contributed by atoms with Gasteiger partial charge in [-0.2, -0.15) is 0 Å². The van der Waals surface area contributed by atoms with Crippen molar-refractivity contribution >= 4 is 94.9 Å². The number of amides is 3. The van der Waals surface area contributed by atoms with Crippen molar-refractivity contribution < 1.29 is 94.1 Å². The van der Waals surface area contributed by atoms with Crippen molar-refractivity contribution in [1.29, 1.82) is 0 Å². The summed E-state index contributed by atoms with van der Waals surface area (Å²) in [5, 5.41) is 13.8. The molecule has 0 spiro atoms. The predicted molar refractivity (Wildman–Crippen MR) is 262 cm³/mol. The average molecular weight is 1160 g/mol. The number of alkyl halides is 2. The molecule has 0 aromatic carbocycles. The summed E-state index contributed by atoms with van der Waals surface area (Å²) < 4.78 is 96.4. The van der Waals surface area contributed by atoms with E-state index >= 15 is 8.78 Å². The molecule has 7 N–H and O–H groups in total. The number of carboxylic acid groups (broad SMARTS) is 1. The SMILES string of the molecule is CC(CC(=O)O)C(=O)NCCOCCOCCOCCOCCC(=O)N(C)CCOC(=O)Nc1ncnc2c1ncn2[C@@H]1O[C@@H]2COP(O)(=S)O[C@H]3[C@@H](F)[C@H](n4cnc5c(N)ncnc54)O[C@@H]3COP(O)(=S)O[C@H]2[C@H]1F. The van der Waals surface area contributed by atoms with Gasteiger partial charge in [0.25, 0.3) is 0 Å². The fraction of sp³-hybridized carbons (Fsp3) is 0.650. The quantitative estimate of drug-likeness (QED) is 0.0414. The smallest absolute Gasteiger partial charge is 0.412 e. The Morgan fingerprint density at radius 3 is 1.87 bits per heavy atom. The number of halogens is 2. The molecule has 30 nitrogen and oxygen atoms in total. The first-order valence-electron chi connectivity index (χ1n) is 23.3. The maximum absolute atomic E-state index is 16.6. The summed E-state index contributed by atoms with van der Waals surface area (Å²) in [6.45, 7) is -6.42. The summed E-state index contributed by atoms with van der Waals surface area (Å²) in [5.41, 5.74) is 6.12. The number of hydrogen-bond donors (Lipinski definition) is 6.